The quantitative estimate of drug-likeness (QED) is 0.495. The molecule has 3 rings (SSSR count). The van der Waals surface area contributed by atoms with E-state index in [2.05, 4.69) is 4.99 Å². The van der Waals surface area contributed by atoms with Crippen LogP contribution in [-0.4, -0.2) is 29.7 Å². The normalized spacial score (nSPS) is 11.6. The summed E-state index contributed by atoms with van der Waals surface area (Å²) in [5.41, 5.74) is 0.546. The third-order valence-electron chi connectivity index (χ3n) is 3.87. The molecule has 9 heteroatoms. The van der Waals surface area contributed by atoms with Crippen molar-refractivity contribution in [3.05, 3.63) is 57.3 Å². The highest BCUT2D eigenvalue weighted by molar-refractivity contribution is 7.16. The highest BCUT2D eigenvalue weighted by atomic mass is 35.5. The maximum atomic E-state index is 12.4. The van der Waals surface area contributed by atoms with Crippen molar-refractivity contribution in [1.29, 1.82) is 0 Å². The summed E-state index contributed by atoms with van der Waals surface area (Å²) < 4.78 is 12.9. The molecule has 0 aliphatic rings. The lowest BCUT2D eigenvalue weighted by Gasteiger charge is -2.07. The molecule has 0 saturated heterocycles. The summed E-state index contributed by atoms with van der Waals surface area (Å²) in [7, 11) is 0. The number of para-hydroxylation sites is 1. The SMILES string of the molecule is CCOC(=O)Cn1c(=NC(=O)CCOc2ccccc2)sc2ccc(Cl)c(Cl)c21. The van der Waals surface area contributed by atoms with E-state index in [1.54, 1.807) is 23.6 Å². The van der Waals surface area contributed by atoms with Gasteiger partial charge in [-0.05, 0) is 31.2 Å². The molecule has 2 aromatic carbocycles. The minimum Gasteiger partial charge on any atom is -0.493 e. The number of carbonyl (C=O) groups excluding carboxylic acids is 2. The molecule has 0 aliphatic heterocycles. The number of carbonyl (C=O) groups is 2. The van der Waals surface area contributed by atoms with E-state index in [9.17, 15) is 9.59 Å². The van der Waals surface area contributed by atoms with Crippen LogP contribution in [0.2, 0.25) is 10.0 Å². The fourth-order valence-corrected chi connectivity index (χ4v) is 4.14. The number of halogens is 2. The van der Waals surface area contributed by atoms with Gasteiger partial charge in [-0.3, -0.25) is 9.59 Å². The Balaban J connectivity index is 1.87. The van der Waals surface area contributed by atoms with E-state index in [0.717, 1.165) is 4.70 Å². The van der Waals surface area contributed by atoms with Gasteiger partial charge in [0.1, 0.15) is 12.3 Å². The Bertz CT molecular complexity index is 1090. The lowest BCUT2D eigenvalue weighted by Crippen LogP contribution is -2.23. The molecule has 0 aliphatic carbocycles. The maximum Gasteiger partial charge on any atom is 0.326 e. The van der Waals surface area contributed by atoms with Crippen LogP contribution in [0.25, 0.3) is 10.2 Å². The minimum absolute atomic E-state index is 0.0943. The lowest BCUT2D eigenvalue weighted by atomic mass is 10.3. The first-order valence-corrected chi connectivity index (χ1v) is 10.4. The van der Waals surface area contributed by atoms with Crippen molar-refractivity contribution in [2.75, 3.05) is 13.2 Å². The third-order valence-corrected chi connectivity index (χ3v) is 5.71. The van der Waals surface area contributed by atoms with Gasteiger partial charge in [0.15, 0.2) is 4.80 Å². The molecule has 6 nitrogen and oxygen atoms in total. The number of hydrogen-bond donors (Lipinski definition) is 0. The summed E-state index contributed by atoms with van der Waals surface area (Å²) in [5, 5.41) is 0.648. The van der Waals surface area contributed by atoms with E-state index in [1.807, 2.05) is 30.3 Å². The summed E-state index contributed by atoms with van der Waals surface area (Å²) in [5.74, 6) is -0.141. The highest BCUT2D eigenvalue weighted by Crippen LogP contribution is 2.32. The second-order valence-corrected chi connectivity index (χ2v) is 7.70. The summed E-state index contributed by atoms with van der Waals surface area (Å²) in [4.78, 5) is 28.9. The van der Waals surface area contributed by atoms with Crippen LogP contribution in [0.3, 0.4) is 0 Å². The van der Waals surface area contributed by atoms with E-state index in [0.29, 0.717) is 26.1 Å². The number of hydrogen-bond acceptors (Lipinski definition) is 5. The molecule has 1 amide bonds. The number of thiazole rings is 1. The summed E-state index contributed by atoms with van der Waals surface area (Å²) in [6.07, 6.45) is 0.0943. The Morgan fingerprint density at radius 2 is 1.90 bits per heavy atom. The van der Waals surface area contributed by atoms with Gasteiger partial charge in [0.05, 0.1) is 39.9 Å². The summed E-state index contributed by atoms with van der Waals surface area (Å²) in [6, 6.07) is 12.7. The number of aromatic nitrogens is 1. The van der Waals surface area contributed by atoms with Crippen molar-refractivity contribution in [2.24, 2.45) is 4.99 Å². The molecule has 0 unspecified atom stereocenters. The van der Waals surface area contributed by atoms with E-state index in [4.69, 9.17) is 32.7 Å². The Morgan fingerprint density at radius 1 is 1.14 bits per heavy atom. The fourth-order valence-electron chi connectivity index (χ4n) is 2.61. The molecule has 0 N–H and O–H groups in total. The third kappa shape index (κ3) is 5.38. The first-order chi connectivity index (χ1) is 14.0. The first-order valence-electron chi connectivity index (χ1n) is 8.88. The second-order valence-electron chi connectivity index (χ2n) is 5.90. The minimum atomic E-state index is -0.454. The summed E-state index contributed by atoms with van der Waals surface area (Å²) in [6.45, 7) is 2.04. The Hall–Kier alpha value is -2.35. The average molecular weight is 453 g/mol. The highest BCUT2D eigenvalue weighted by Gasteiger charge is 2.16. The fraction of sp³-hybridized carbons (Fsp3) is 0.250. The van der Waals surface area contributed by atoms with Crippen LogP contribution in [0.5, 0.6) is 5.75 Å². The van der Waals surface area contributed by atoms with Crippen molar-refractivity contribution in [2.45, 2.75) is 19.9 Å². The standard InChI is InChI=1S/C20H18Cl2N2O4S/c1-2-27-17(26)12-24-19-15(9-8-14(21)18(19)22)29-20(24)23-16(25)10-11-28-13-6-4-3-5-7-13/h3-9H,2,10-12H2,1H3. The van der Waals surface area contributed by atoms with E-state index < -0.39 is 5.97 Å². The molecule has 0 bridgehead atoms. The van der Waals surface area contributed by atoms with Gasteiger partial charge in [0.25, 0.3) is 5.91 Å². The van der Waals surface area contributed by atoms with Crippen molar-refractivity contribution < 1.29 is 19.1 Å². The van der Waals surface area contributed by atoms with Gasteiger partial charge in [-0.25, -0.2) is 0 Å². The van der Waals surface area contributed by atoms with Crippen molar-refractivity contribution in [3.63, 3.8) is 0 Å². The van der Waals surface area contributed by atoms with Crippen LogP contribution in [0.1, 0.15) is 13.3 Å². The van der Waals surface area contributed by atoms with Gasteiger partial charge in [0, 0.05) is 0 Å². The van der Waals surface area contributed by atoms with E-state index >= 15 is 0 Å². The number of amides is 1. The maximum absolute atomic E-state index is 12.4. The molecule has 1 heterocycles. The molecule has 1 aromatic heterocycles. The number of nitrogens with zero attached hydrogens (tertiary/aromatic N) is 2. The summed E-state index contributed by atoms with van der Waals surface area (Å²) >= 11 is 13.7. The number of fused-ring (bicyclic) bond motifs is 1. The monoisotopic (exact) mass is 452 g/mol. The van der Waals surface area contributed by atoms with Crippen LogP contribution in [0.4, 0.5) is 0 Å². The van der Waals surface area contributed by atoms with Gasteiger partial charge in [-0.2, -0.15) is 4.99 Å². The lowest BCUT2D eigenvalue weighted by molar-refractivity contribution is -0.143. The average Bonchev–Trinajstić information content (AvgIpc) is 3.03. The van der Waals surface area contributed by atoms with Crippen molar-refractivity contribution in [3.8, 4) is 5.75 Å². The number of benzene rings is 2. The molecule has 0 saturated carbocycles. The zero-order valence-electron chi connectivity index (χ0n) is 15.6. The Kier molecular flexibility index (Phi) is 7.30. The van der Waals surface area contributed by atoms with Gasteiger partial charge >= 0.3 is 5.97 Å². The van der Waals surface area contributed by atoms with Gasteiger partial charge in [-0.15, -0.1) is 0 Å². The molecule has 0 fully saturated rings. The van der Waals surface area contributed by atoms with Crippen molar-refractivity contribution in [1.82, 2.24) is 4.57 Å². The van der Waals surface area contributed by atoms with Crippen LogP contribution in [0, 0.1) is 0 Å². The van der Waals surface area contributed by atoms with Crippen LogP contribution in [-0.2, 0) is 20.9 Å². The molecule has 29 heavy (non-hydrogen) atoms. The van der Waals surface area contributed by atoms with Crippen LogP contribution in [0.15, 0.2) is 47.5 Å². The number of rotatable bonds is 7. The zero-order valence-corrected chi connectivity index (χ0v) is 17.9. The molecule has 3 aromatic rings. The van der Waals surface area contributed by atoms with Crippen LogP contribution >= 0.6 is 34.5 Å². The largest absolute Gasteiger partial charge is 0.493 e. The first kappa shape index (κ1) is 21.4. The van der Waals surface area contributed by atoms with Gasteiger partial charge in [0.2, 0.25) is 0 Å². The number of ether oxygens (including phenoxy) is 2. The Labute approximate surface area is 181 Å². The molecule has 152 valence electrons. The predicted octanol–water partition coefficient (Wildman–Crippen LogP) is 4.47. The predicted molar refractivity (Wildman–Crippen MR) is 114 cm³/mol. The van der Waals surface area contributed by atoms with E-state index in [-0.39, 0.29) is 32.1 Å². The topological polar surface area (TPSA) is 69.9 Å². The van der Waals surface area contributed by atoms with E-state index in [1.165, 1.54) is 11.3 Å². The molecule has 0 radical (unpaired) electrons. The van der Waals surface area contributed by atoms with Crippen molar-refractivity contribution >= 4 is 56.6 Å². The molecular weight excluding hydrogens is 435 g/mol. The van der Waals surface area contributed by atoms with Gasteiger partial charge in [-0.1, -0.05) is 52.7 Å². The number of esters is 1. The van der Waals surface area contributed by atoms with Crippen LogP contribution < -0.4 is 9.54 Å². The second kappa shape index (κ2) is 9.91. The zero-order chi connectivity index (χ0) is 20.8. The molecule has 0 atom stereocenters. The Morgan fingerprint density at radius 3 is 2.62 bits per heavy atom. The molecule has 0 spiro atoms. The van der Waals surface area contributed by atoms with Gasteiger partial charge < -0.3 is 14.0 Å². The smallest absolute Gasteiger partial charge is 0.326 e. The molecular formula is C20H18Cl2N2O4S.